The second kappa shape index (κ2) is 14.1. The van der Waals surface area contributed by atoms with E-state index in [1.165, 1.54) is 18.1 Å². The number of rotatable bonds is 8. The number of pyridine rings is 1. The number of methoxy groups -OCH3 is 1. The van der Waals surface area contributed by atoms with Crippen LogP contribution in [-0.2, 0) is 20.5 Å². The van der Waals surface area contributed by atoms with Crippen molar-refractivity contribution in [3.63, 3.8) is 0 Å². The molecule has 0 saturated heterocycles. The molecular weight excluding hydrogens is 633 g/mol. The van der Waals surface area contributed by atoms with Crippen molar-refractivity contribution in [2.24, 2.45) is 5.92 Å². The lowest BCUT2D eigenvalue weighted by molar-refractivity contribution is -0.149. The van der Waals surface area contributed by atoms with E-state index in [2.05, 4.69) is 20.7 Å². The molecule has 0 bridgehead atoms. The fourth-order valence-corrected chi connectivity index (χ4v) is 5.73. The molecule has 3 amide bonds. The van der Waals surface area contributed by atoms with E-state index in [4.69, 9.17) is 14.2 Å². The minimum absolute atomic E-state index is 0.000890. The Balaban J connectivity index is 1.43. The van der Waals surface area contributed by atoms with Gasteiger partial charge in [0.05, 0.1) is 25.8 Å². The van der Waals surface area contributed by atoms with Crippen LogP contribution in [0.5, 0.6) is 11.5 Å². The van der Waals surface area contributed by atoms with Crippen molar-refractivity contribution in [3.05, 3.63) is 53.9 Å². The van der Waals surface area contributed by atoms with Crippen molar-refractivity contribution in [2.75, 3.05) is 33.9 Å². The Morgan fingerprint density at radius 1 is 1.17 bits per heavy atom. The topological polar surface area (TPSA) is 137 Å². The second-order valence-electron chi connectivity index (χ2n) is 11.9. The molecule has 1 aliphatic heterocycles. The van der Waals surface area contributed by atoms with Crippen molar-refractivity contribution < 1.29 is 41.8 Å². The van der Waals surface area contributed by atoms with Crippen molar-refractivity contribution >= 4 is 28.8 Å². The first-order valence-corrected chi connectivity index (χ1v) is 15.8. The molecule has 1 aliphatic carbocycles. The van der Waals surface area contributed by atoms with Crippen LogP contribution in [0.25, 0.3) is 16.7 Å². The van der Waals surface area contributed by atoms with E-state index in [0.29, 0.717) is 35.2 Å². The minimum Gasteiger partial charge on any atom is -0.496 e. The molecule has 1 saturated carbocycles. The average molecular weight is 673 g/mol. The number of carbonyl (C=O) groups is 3. The summed E-state index contributed by atoms with van der Waals surface area (Å²) in [5.41, 5.74) is -1.26. The van der Waals surface area contributed by atoms with E-state index in [1.54, 1.807) is 33.0 Å². The number of esters is 1. The molecule has 3 heterocycles. The summed E-state index contributed by atoms with van der Waals surface area (Å²) in [6.07, 6.45) is 3.19. The molecule has 2 N–H and O–H groups in total. The largest absolute Gasteiger partial charge is 0.496 e. The van der Waals surface area contributed by atoms with Gasteiger partial charge in [0.25, 0.3) is 0 Å². The zero-order valence-corrected chi connectivity index (χ0v) is 27.2. The Labute approximate surface area is 275 Å². The van der Waals surface area contributed by atoms with Gasteiger partial charge < -0.3 is 29.7 Å². The highest BCUT2D eigenvalue weighted by molar-refractivity contribution is 5.95. The molecule has 3 aromatic rings. The maximum absolute atomic E-state index is 13.7. The predicted molar refractivity (Wildman–Crippen MR) is 169 cm³/mol. The van der Waals surface area contributed by atoms with Crippen LogP contribution in [0.2, 0.25) is 0 Å². The zero-order chi connectivity index (χ0) is 34.6. The maximum Gasteiger partial charge on any atom is 0.435 e. The SMILES string of the molecule is CCOC(=O)[C@@]12C[C@H]1C=CCCCCN(C)C(=O)N[C@@H](CCOc1cc(-n3ccc(C(F)(F)F)n3)nc3c(C)c(OC)ccc13)C(=O)N2. The number of fused-ring (bicyclic) bond motifs is 2. The standard InChI is InChI=1S/C33H39F3N6O6/c1-5-47-30(44)32-19-21(32)10-8-6-7-9-15-41(3)31(45)37-23(29(43)39-32)14-17-48-25-18-27(42-16-13-26(40-42)33(34,35)36)38-28-20(2)24(46-4)12-11-22(25)28/h8,10-13,16,18,21,23H,5-7,9,14-15,17,19H2,1-4H3,(H,37,45)(H,39,43)/t21-,23+,32-/m1/s1. The number of aromatic nitrogens is 3. The summed E-state index contributed by atoms with van der Waals surface area (Å²) in [7, 11) is 3.13. The quantitative estimate of drug-likeness (QED) is 0.259. The van der Waals surface area contributed by atoms with E-state index in [0.717, 1.165) is 36.2 Å². The highest BCUT2D eigenvalue weighted by atomic mass is 19.4. The lowest BCUT2D eigenvalue weighted by atomic mass is 10.1. The third-order valence-electron chi connectivity index (χ3n) is 8.58. The molecule has 3 atom stereocenters. The second-order valence-corrected chi connectivity index (χ2v) is 11.9. The number of hydrogen-bond donors (Lipinski definition) is 2. The summed E-state index contributed by atoms with van der Waals surface area (Å²) in [6, 6.07) is 4.19. The van der Waals surface area contributed by atoms with Crippen molar-refractivity contribution in [3.8, 4) is 17.3 Å². The normalized spacial score (nSPS) is 21.9. The third-order valence-corrected chi connectivity index (χ3v) is 8.58. The van der Waals surface area contributed by atoms with Crippen LogP contribution in [-0.4, -0.2) is 83.1 Å². The molecule has 258 valence electrons. The van der Waals surface area contributed by atoms with Crippen molar-refractivity contribution in [1.82, 2.24) is 30.3 Å². The highest BCUT2D eigenvalue weighted by Crippen LogP contribution is 2.46. The molecule has 1 aromatic carbocycles. The molecule has 48 heavy (non-hydrogen) atoms. The maximum atomic E-state index is 13.7. The molecule has 1 fully saturated rings. The first-order valence-electron chi connectivity index (χ1n) is 15.8. The fourth-order valence-electron chi connectivity index (χ4n) is 5.73. The summed E-state index contributed by atoms with van der Waals surface area (Å²) in [6.45, 7) is 4.00. The zero-order valence-electron chi connectivity index (χ0n) is 27.2. The van der Waals surface area contributed by atoms with Gasteiger partial charge in [0.2, 0.25) is 5.91 Å². The van der Waals surface area contributed by atoms with Gasteiger partial charge in [-0.3, -0.25) is 4.79 Å². The number of hydrogen-bond acceptors (Lipinski definition) is 8. The lowest BCUT2D eigenvalue weighted by Gasteiger charge is -2.26. The number of benzene rings is 1. The van der Waals surface area contributed by atoms with Gasteiger partial charge in [0, 0.05) is 49.1 Å². The molecule has 5 rings (SSSR count). The summed E-state index contributed by atoms with van der Waals surface area (Å²) in [5.74, 6) is -0.489. The van der Waals surface area contributed by atoms with Crippen LogP contribution in [0.15, 0.2) is 42.6 Å². The van der Waals surface area contributed by atoms with Gasteiger partial charge in [-0.25, -0.2) is 19.3 Å². The number of halogens is 3. The van der Waals surface area contributed by atoms with Gasteiger partial charge in [0.15, 0.2) is 11.5 Å². The highest BCUT2D eigenvalue weighted by Gasteiger charge is 2.61. The number of amides is 3. The number of ether oxygens (including phenoxy) is 3. The molecule has 0 unspecified atom stereocenters. The molecule has 12 nitrogen and oxygen atoms in total. The summed E-state index contributed by atoms with van der Waals surface area (Å²) >= 11 is 0. The molecule has 0 spiro atoms. The van der Waals surface area contributed by atoms with E-state index in [9.17, 15) is 27.6 Å². The van der Waals surface area contributed by atoms with Crippen LogP contribution in [0, 0.1) is 12.8 Å². The molecule has 2 aromatic heterocycles. The summed E-state index contributed by atoms with van der Waals surface area (Å²) in [4.78, 5) is 45.9. The Morgan fingerprint density at radius 3 is 2.67 bits per heavy atom. The van der Waals surface area contributed by atoms with Gasteiger partial charge in [-0.15, -0.1) is 0 Å². The van der Waals surface area contributed by atoms with Crippen molar-refractivity contribution in [1.29, 1.82) is 0 Å². The van der Waals surface area contributed by atoms with E-state index >= 15 is 0 Å². The van der Waals surface area contributed by atoms with Crippen LogP contribution in [0.3, 0.4) is 0 Å². The lowest BCUT2D eigenvalue weighted by Crippen LogP contribution is -2.56. The first-order chi connectivity index (χ1) is 22.9. The monoisotopic (exact) mass is 672 g/mol. The first kappa shape index (κ1) is 34.5. The van der Waals surface area contributed by atoms with Gasteiger partial charge in [0.1, 0.15) is 23.1 Å². The van der Waals surface area contributed by atoms with Gasteiger partial charge in [-0.1, -0.05) is 12.2 Å². The summed E-state index contributed by atoms with van der Waals surface area (Å²) < 4.78 is 57.9. The van der Waals surface area contributed by atoms with Gasteiger partial charge in [-0.2, -0.15) is 18.3 Å². The van der Waals surface area contributed by atoms with Crippen LogP contribution >= 0.6 is 0 Å². The Morgan fingerprint density at radius 2 is 1.96 bits per heavy atom. The van der Waals surface area contributed by atoms with E-state index in [-0.39, 0.29) is 37.1 Å². The van der Waals surface area contributed by atoms with E-state index < -0.39 is 41.4 Å². The number of nitrogens with one attached hydrogen (secondary N) is 2. The Bertz CT molecular complexity index is 1710. The van der Waals surface area contributed by atoms with Crippen molar-refractivity contribution in [2.45, 2.75) is 63.7 Å². The third kappa shape index (κ3) is 7.34. The van der Waals surface area contributed by atoms with E-state index in [1.807, 2.05) is 12.2 Å². The van der Waals surface area contributed by atoms with Crippen LogP contribution in [0.4, 0.5) is 18.0 Å². The van der Waals surface area contributed by atoms with Gasteiger partial charge >= 0.3 is 18.2 Å². The Kier molecular flexibility index (Phi) is 10.2. The van der Waals surface area contributed by atoms with Crippen LogP contribution < -0.4 is 20.1 Å². The fraction of sp³-hybridized carbons (Fsp3) is 0.485. The smallest absolute Gasteiger partial charge is 0.435 e. The number of urea groups is 1. The number of aryl methyl sites for hydroxylation is 1. The van der Waals surface area contributed by atoms with Crippen LogP contribution in [0.1, 0.15) is 50.3 Å². The number of allylic oxidation sites excluding steroid dienone is 1. The average Bonchev–Trinajstić information content (AvgIpc) is 3.49. The molecule has 15 heteroatoms. The predicted octanol–water partition coefficient (Wildman–Crippen LogP) is 4.71. The Hall–Kier alpha value is -4.82. The molecular formula is C33H39F3N6O6. The number of nitrogens with zero attached hydrogens (tertiary/aromatic N) is 4. The molecule has 0 radical (unpaired) electrons. The minimum atomic E-state index is -4.64. The van der Waals surface area contributed by atoms with Gasteiger partial charge in [-0.05, 0) is 57.7 Å². The number of alkyl halides is 3. The number of carbonyl (C=O) groups excluding carboxylic acids is 3. The molecule has 2 aliphatic rings. The summed E-state index contributed by atoms with van der Waals surface area (Å²) in [5, 5.41) is 9.83.